The lowest BCUT2D eigenvalue weighted by molar-refractivity contribution is -0.163. The normalized spacial score (nSPS) is 36.9. The number of β-lactam (4-membered cyclic amide) rings is 1. The summed E-state index contributed by atoms with van der Waals surface area (Å²) >= 11 is 0. The van der Waals surface area contributed by atoms with E-state index in [1.54, 1.807) is 6.07 Å². The predicted octanol–water partition coefficient (Wildman–Crippen LogP) is -1.97. The summed E-state index contributed by atoms with van der Waals surface area (Å²) in [5.74, 6) is -2.90. The number of aliphatic hydroxyl groups is 1. The van der Waals surface area contributed by atoms with Crippen molar-refractivity contribution in [2.24, 2.45) is 5.92 Å². The van der Waals surface area contributed by atoms with E-state index in [1.165, 1.54) is 6.92 Å². The maximum Gasteiger partial charge on any atom is 0.378 e. The standard InChI is InChI=1S/C11H11BN2O6S/c1-11(3-2-4-13)7(10(17)20-12)14-8(16)6(5-15)9(14)21(11,18)19/h2-3,6-7,9,15H,5H2,1H3/b3-2-/t6-,7?,9?,11+/m1/s1. The molecule has 0 aromatic heterocycles. The summed E-state index contributed by atoms with van der Waals surface area (Å²) in [4.78, 5) is 24.6. The quantitative estimate of drug-likeness (QED) is 0.364. The minimum Gasteiger partial charge on any atom is -0.542 e. The second kappa shape index (κ2) is 4.86. The number of carbonyl (C=O) groups is 2. The molecule has 2 fully saturated rings. The molecule has 10 heteroatoms. The van der Waals surface area contributed by atoms with Gasteiger partial charge in [0.05, 0.1) is 18.6 Å². The fraction of sp³-hybridized carbons (Fsp3) is 0.545. The van der Waals surface area contributed by atoms with Crippen LogP contribution in [0, 0.1) is 17.2 Å². The zero-order valence-electron chi connectivity index (χ0n) is 11.0. The molecule has 0 aromatic rings. The fourth-order valence-corrected chi connectivity index (χ4v) is 5.31. The van der Waals surface area contributed by atoms with Crippen LogP contribution in [-0.4, -0.2) is 61.1 Å². The smallest absolute Gasteiger partial charge is 0.378 e. The Bertz CT molecular complexity index is 669. The van der Waals surface area contributed by atoms with Gasteiger partial charge in [-0.1, -0.05) is 6.08 Å². The van der Waals surface area contributed by atoms with Crippen LogP contribution in [0.3, 0.4) is 0 Å². The van der Waals surface area contributed by atoms with Crippen LogP contribution in [0.4, 0.5) is 0 Å². The van der Waals surface area contributed by atoms with Crippen LogP contribution in [0.25, 0.3) is 0 Å². The van der Waals surface area contributed by atoms with Gasteiger partial charge in [-0.15, -0.1) is 0 Å². The highest BCUT2D eigenvalue weighted by molar-refractivity contribution is 7.94. The van der Waals surface area contributed by atoms with E-state index in [0.717, 1.165) is 17.1 Å². The number of amides is 1. The number of rotatable bonds is 3. The third-order valence-corrected chi connectivity index (χ3v) is 6.74. The monoisotopic (exact) mass is 310 g/mol. The van der Waals surface area contributed by atoms with Crippen LogP contribution in [0.1, 0.15) is 6.92 Å². The lowest BCUT2D eigenvalue weighted by Gasteiger charge is -2.42. The van der Waals surface area contributed by atoms with E-state index in [1.807, 2.05) is 0 Å². The van der Waals surface area contributed by atoms with E-state index in [4.69, 9.17) is 18.4 Å². The van der Waals surface area contributed by atoms with Crippen molar-refractivity contribution in [1.29, 1.82) is 5.26 Å². The third kappa shape index (κ3) is 1.74. The molecule has 8 nitrogen and oxygen atoms in total. The maximum atomic E-state index is 12.6. The average molecular weight is 310 g/mol. The summed E-state index contributed by atoms with van der Waals surface area (Å²) in [6, 6.07) is 0.152. The highest BCUT2D eigenvalue weighted by Gasteiger charge is 2.72. The summed E-state index contributed by atoms with van der Waals surface area (Å²) in [6.07, 6.45) is 1.95. The van der Waals surface area contributed by atoms with E-state index in [2.05, 4.69) is 4.65 Å². The molecule has 2 saturated heterocycles. The Hall–Kier alpha value is -1.86. The number of fused-ring (bicyclic) bond motifs is 1. The van der Waals surface area contributed by atoms with Crippen molar-refractivity contribution in [3.05, 3.63) is 12.2 Å². The average Bonchev–Trinajstić information content (AvgIpc) is 2.60. The van der Waals surface area contributed by atoms with Crippen LogP contribution in [0.5, 0.6) is 0 Å². The molecule has 0 bridgehead atoms. The van der Waals surface area contributed by atoms with Gasteiger partial charge in [-0.3, -0.25) is 9.59 Å². The highest BCUT2D eigenvalue weighted by atomic mass is 32.2. The van der Waals surface area contributed by atoms with Crippen molar-refractivity contribution in [3.8, 4) is 6.07 Å². The fourth-order valence-electron chi connectivity index (χ4n) is 2.85. The van der Waals surface area contributed by atoms with E-state index < -0.39 is 50.4 Å². The van der Waals surface area contributed by atoms with Gasteiger partial charge in [0.25, 0.3) is 0 Å². The van der Waals surface area contributed by atoms with Gasteiger partial charge in [0.15, 0.2) is 15.9 Å². The van der Waals surface area contributed by atoms with Crippen LogP contribution in [0.15, 0.2) is 12.2 Å². The molecule has 4 atom stereocenters. The molecule has 0 saturated carbocycles. The number of hydrogen-bond donors (Lipinski definition) is 1. The first kappa shape index (κ1) is 15.5. The summed E-state index contributed by atoms with van der Waals surface area (Å²) in [5, 5.41) is 16.4. The van der Waals surface area contributed by atoms with Gasteiger partial charge in [0, 0.05) is 6.08 Å². The second-order valence-corrected chi connectivity index (χ2v) is 7.41. The molecule has 21 heavy (non-hydrogen) atoms. The zero-order valence-corrected chi connectivity index (χ0v) is 11.8. The molecule has 2 unspecified atom stereocenters. The Kier molecular flexibility index (Phi) is 3.59. The number of nitriles is 1. The van der Waals surface area contributed by atoms with Gasteiger partial charge in [0.2, 0.25) is 5.91 Å². The molecular weight excluding hydrogens is 299 g/mol. The van der Waals surface area contributed by atoms with Crippen LogP contribution >= 0.6 is 0 Å². The predicted molar refractivity (Wildman–Crippen MR) is 68.9 cm³/mol. The van der Waals surface area contributed by atoms with Gasteiger partial charge < -0.3 is 14.7 Å². The van der Waals surface area contributed by atoms with Crippen molar-refractivity contribution in [3.63, 3.8) is 0 Å². The first-order valence-electron chi connectivity index (χ1n) is 5.92. The Morgan fingerprint density at radius 2 is 2.29 bits per heavy atom. The molecule has 0 aliphatic carbocycles. The van der Waals surface area contributed by atoms with Crippen molar-refractivity contribution in [1.82, 2.24) is 4.90 Å². The van der Waals surface area contributed by atoms with Crippen molar-refractivity contribution < 1.29 is 27.8 Å². The molecule has 110 valence electrons. The first-order valence-corrected chi connectivity index (χ1v) is 7.47. The highest BCUT2D eigenvalue weighted by Crippen LogP contribution is 2.49. The van der Waals surface area contributed by atoms with Gasteiger partial charge in [-0.25, -0.2) is 8.42 Å². The molecule has 1 amide bonds. The maximum absolute atomic E-state index is 12.6. The Morgan fingerprint density at radius 1 is 1.67 bits per heavy atom. The molecule has 2 aliphatic rings. The Morgan fingerprint density at radius 3 is 2.76 bits per heavy atom. The molecule has 0 spiro atoms. The minimum atomic E-state index is -4.05. The molecule has 2 aliphatic heterocycles. The molecular formula is C11H11BN2O6S. The number of nitrogens with zero attached hydrogens (tertiary/aromatic N) is 2. The number of aliphatic hydroxyl groups excluding tert-OH is 1. The van der Waals surface area contributed by atoms with E-state index in [0.29, 0.717) is 0 Å². The van der Waals surface area contributed by atoms with Gasteiger partial charge in [-0.05, 0) is 6.92 Å². The first-order chi connectivity index (χ1) is 9.77. The largest absolute Gasteiger partial charge is 0.542 e. The Labute approximate surface area is 122 Å². The lowest BCUT2D eigenvalue weighted by atomic mass is 9.91. The van der Waals surface area contributed by atoms with Crippen molar-refractivity contribution >= 4 is 29.8 Å². The van der Waals surface area contributed by atoms with E-state index >= 15 is 0 Å². The van der Waals surface area contributed by atoms with E-state index in [-0.39, 0.29) is 0 Å². The SMILES string of the molecule is [B]OC(=O)C1N2C(=O)[C@@H](CO)C2S(=O)(=O)[C@@]1(C)/C=C\C#N. The summed E-state index contributed by atoms with van der Waals surface area (Å²) in [6.45, 7) is 0.555. The molecule has 2 radical (unpaired) electrons. The van der Waals surface area contributed by atoms with Crippen LogP contribution < -0.4 is 0 Å². The lowest BCUT2D eigenvalue weighted by Crippen LogP contribution is -2.64. The number of sulfone groups is 1. The van der Waals surface area contributed by atoms with Crippen LogP contribution in [-0.2, 0) is 24.1 Å². The zero-order chi connectivity index (χ0) is 16.0. The topological polar surface area (TPSA) is 125 Å². The molecule has 0 aromatic carbocycles. The van der Waals surface area contributed by atoms with Gasteiger partial charge in [0.1, 0.15) is 10.1 Å². The van der Waals surface area contributed by atoms with Gasteiger partial charge >= 0.3 is 14.0 Å². The van der Waals surface area contributed by atoms with Gasteiger partial charge in [-0.2, -0.15) is 5.26 Å². The van der Waals surface area contributed by atoms with Crippen LogP contribution in [0.2, 0.25) is 0 Å². The summed E-state index contributed by atoms with van der Waals surface area (Å²) in [7, 11) is 0.766. The molecule has 2 heterocycles. The molecule has 2 rings (SSSR count). The third-order valence-electron chi connectivity index (χ3n) is 3.97. The summed E-state index contributed by atoms with van der Waals surface area (Å²) < 4.78 is 27.5. The second-order valence-electron chi connectivity index (χ2n) is 4.96. The van der Waals surface area contributed by atoms with E-state index in [9.17, 15) is 18.0 Å². The summed E-state index contributed by atoms with van der Waals surface area (Å²) in [5.41, 5.74) is 0. The minimum absolute atomic E-state index is 0.651. The number of carbonyl (C=O) groups excluding carboxylic acids is 2. The molecule has 1 N–H and O–H groups in total. The van der Waals surface area contributed by atoms with Crippen molar-refractivity contribution in [2.75, 3.05) is 6.61 Å². The Balaban J connectivity index is 2.62. The van der Waals surface area contributed by atoms with Crippen molar-refractivity contribution in [2.45, 2.75) is 23.1 Å². The number of allylic oxidation sites excluding steroid dienone is 1. The number of hydrogen-bond acceptors (Lipinski definition) is 7.